The van der Waals surface area contributed by atoms with E-state index in [0.29, 0.717) is 13.0 Å². The van der Waals surface area contributed by atoms with Gasteiger partial charge in [0.05, 0.1) is 6.61 Å². The summed E-state index contributed by atoms with van der Waals surface area (Å²) in [5.74, 6) is -0.344. The largest absolute Gasteiger partial charge is 0.465 e. The van der Waals surface area contributed by atoms with Gasteiger partial charge in [0.1, 0.15) is 6.04 Å². The Morgan fingerprint density at radius 1 is 1.53 bits per heavy atom. The zero-order valence-corrected chi connectivity index (χ0v) is 12.3. The van der Waals surface area contributed by atoms with E-state index < -0.39 is 6.04 Å². The molecule has 2 N–H and O–H groups in total. The van der Waals surface area contributed by atoms with Gasteiger partial charge in [-0.25, -0.2) is 0 Å². The molecule has 0 heterocycles. The van der Waals surface area contributed by atoms with Gasteiger partial charge in [-0.05, 0) is 37.5 Å². The molecule has 0 aliphatic rings. The third-order valence-corrected chi connectivity index (χ3v) is 3.16. The second kappa shape index (κ2) is 7.69. The lowest BCUT2D eigenvalue weighted by atomic mass is 10.0. The van der Waals surface area contributed by atoms with Crippen LogP contribution < -0.4 is 5.73 Å². The van der Waals surface area contributed by atoms with E-state index in [9.17, 15) is 4.79 Å². The maximum atomic E-state index is 11.3. The smallest absolute Gasteiger partial charge is 0.323 e. The van der Waals surface area contributed by atoms with E-state index in [-0.39, 0.29) is 18.4 Å². The molecule has 1 aromatic rings. The molecule has 1 rings (SSSR count). The normalized spacial score (nSPS) is 11.5. The summed E-state index contributed by atoms with van der Waals surface area (Å²) in [6.45, 7) is 4.14. The molecule has 96 valence electrons. The Hall–Kier alpha value is -0.580. The molecule has 0 amide bonds. The molecule has 17 heavy (non-hydrogen) atoms. The molecule has 0 radical (unpaired) electrons. The van der Waals surface area contributed by atoms with Crippen LogP contribution in [0.15, 0.2) is 22.7 Å². The summed E-state index contributed by atoms with van der Waals surface area (Å²) in [5, 5.41) is 0. The van der Waals surface area contributed by atoms with Crippen LogP contribution in [0.4, 0.5) is 0 Å². The average Bonchev–Trinajstić information content (AvgIpc) is 2.24. The third-order valence-electron chi connectivity index (χ3n) is 2.27. The minimum absolute atomic E-state index is 0. The monoisotopic (exact) mass is 321 g/mol. The van der Waals surface area contributed by atoms with Crippen LogP contribution in [-0.4, -0.2) is 18.6 Å². The molecular formula is C12H17BrClNO2. The number of esters is 1. The van der Waals surface area contributed by atoms with Crippen molar-refractivity contribution in [2.45, 2.75) is 26.3 Å². The molecule has 1 unspecified atom stereocenters. The molecular weight excluding hydrogens is 305 g/mol. The zero-order chi connectivity index (χ0) is 12.1. The van der Waals surface area contributed by atoms with Crippen molar-refractivity contribution in [3.63, 3.8) is 0 Å². The highest BCUT2D eigenvalue weighted by atomic mass is 79.9. The summed E-state index contributed by atoms with van der Waals surface area (Å²) < 4.78 is 5.91. The lowest BCUT2D eigenvalue weighted by Gasteiger charge is -2.11. The van der Waals surface area contributed by atoms with Gasteiger partial charge in [0.15, 0.2) is 0 Å². The maximum absolute atomic E-state index is 11.3. The van der Waals surface area contributed by atoms with Gasteiger partial charge < -0.3 is 10.5 Å². The van der Waals surface area contributed by atoms with Gasteiger partial charge in [0, 0.05) is 4.47 Å². The Morgan fingerprint density at radius 3 is 2.71 bits per heavy atom. The first-order valence-electron chi connectivity index (χ1n) is 5.21. The number of rotatable bonds is 4. The highest BCUT2D eigenvalue weighted by Gasteiger charge is 2.15. The number of hydrogen-bond acceptors (Lipinski definition) is 3. The molecule has 1 aromatic carbocycles. The average molecular weight is 323 g/mol. The minimum atomic E-state index is -0.583. The minimum Gasteiger partial charge on any atom is -0.465 e. The predicted molar refractivity (Wildman–Crippen MR) is 74.4 cm³/mol. The van der Waals surface area contributed by atoms with Gasteiger partial charge in [-0.1, -0.05) is 28.1 Å². The molecule has 0 aliphatic heterocycles. The van der Waals surface area contributed by atoms with E-state index >= 15 is 0 Å². The van der Waals surface area contributed by atoms with Crippen molar-refractivity contribution in [2.75, 3.05) is 6.61 Å². The number of carbonyl (C=O) groups excluding carboxylic acids is 1. The standard InChI is InChI=1S/C12H16BrNO2.ClH/c1-3-16-12(15)11(14)7-9-4-5-10(13)8(2)6-9;/h4-6,11H,3,7,14H2,1-2H3;1H. The van der Waals surface area contributed by atoms with Gasteiger partial charge in [0.2, 0.25) is 0 Å². The fourth-order valence-corrected chi connectivity index (χ4v) is 1.67. The number of nitrogens with two attached hydrogens (primary N) is 1. The number of ether oxygens (including phenoxy) is 1. The van der Waals surface area contributed by atoms with Gasteiger partial charge in [-0.2, -0.15) is 0 Å². The van der Waals surface area contributed by atoms with Crippen molar-refractivity contribution < 1.29 is 9.53 Å². The quantitative estimate of drug-likeness (QED) is 0.867. The van der Waals surface area contributed by atoms with Crippen LogP contribution in [0.2, 0.25) is 0 Å². The number of benzene rings is 1. The van der Waals surface area contributed by atoms with Crippen LogP contribution in [0.1, 0.15) is 18.1 Å². The molecule has 0 fully saturated rings. The van der Waals surface area contributed by atoms with Crippen LogP contribution in [0.25, 0.3) is 0 Å². The zero-order valence-electron chi connectivity index (χ0n) is 9.90. The SMILES string of the molecule is CCOC(=O)C(N)Cc1ccc(Br)c(C)c1.Cl. The Kier molecular flexibility index (Phi) is 7.43. The first-order chi connectivity index (χ1) is 7.54. The summed E-state index contributed by atoms with van der Waals surface area (Å²) in [7, 11) is 0. The number of hydrogen-bond donors (Lipinski definition) is 1. The van der Waals surface area contributed by atoms with Crippen molar-refractivity contribution in [1.29, 1.82) is 0 Å². The fourth-order valence-electron chi connectivity index (χ4n) is 1.42. The molecule has 1 atom stereocenters. The first kappa shape index (κ1) is 16.4. The molecule has 0 spiro atoms. The molecule has 0 bridgehead atoms. The van der Waals surface area contributed by atoms with Gasteiger partial charge >= 0.3 is 5.97 Å². The Balaban J connectivity index is 0.00000256. The summed E-state index contributed by atoms with van der Waals surface area (Å²) >= 11 is 3.43. The molecule has 0 aromatic heterocycles. The van der Waals surface area contributed by atoms with Crippen molar-refractivity contribution in [2.24, 2.45) is 5.73 Å². The highest BCUT2D eigenvalue weighted by molar-refractivity contribution is 9.10. The van der Waals surface area contributed by atoms with Crippen LogP contribution in [-0.2, 0) is 16.0 Å². The van der Waals surface area contributed by atoms with Crippen LogP contribution >= 0.6 is 28.3 Å². The van der Waals surface area contributed by atoms with Gasteiger partial charge in [-0.3, -0.25) is 4.79 Å². The van der Waals surface area contributed by atoms with Crippen molar-refractivity contribution in [3.8, 4) is 0 Å². The van der Waals surface area contributed by atoms with Crippen LogP contribution in [0.3, 0.4) is 0 Å². The van der Waals surface area contributed by atoms with E-state index in [1.807, 2.05) is 25.1 Å². The van der Waals surface area contributed by atoms with Crippen LogP contribution in [0, 0.1) is 6.92 Å². The third kappa shape index (κ3) is 5.06. The molecule has 0 saturated carbocycles. The second-order valence-electron chi connectivity index (χ2n) is 3.65. The topological polar surface area (TPSA) is 52.3 Å². The van der Waals surface area contributed by atoms with Gasteiger partial charge in [-0.15, -0.1) is 12.4 Å². The summed E-state index contributed by atoms with van der Waals surface area (Å²) in [6, 6.07) is 5.35. The van der Waals surface area contributed by atoms with E-state index in [1.54, 1.807) is 6.92 Å². The number of carbonyl (C=O) groups is 1. The fraction of sp³-hybridized carbons (Fsp3) is 0.417. The van der Waals surface area contributed by atoms with Crippen molar-refractivity contribution >= 4 is 34.3 Å². The first-order valence-corrected chi connectivity index (χ1v) is 6.01. The van der Waals surface area contributed by atoms with E-state index in [1.165, 1.54) is 0 Å². The van der Waals surface area contributed by atoms with Crippen molar-refractivity contribution in [3.05, 3.63) is 33.8 Å². The Labute approximate surface area is 116 Å². The van der Waals surface area contributed by atoms with E-state index in [4.69, 9.17) is 10.5 Å². The molecule has 0 aliphatic carbocycles. The molecule has 0 saturated heterocycles. The van der Waals surface area contributed by atoms with E-state index in [2.05, 4.69) is 15.9 Å². The maximum Gasteiger partial charge on any atom is 0.323 e. The summed E-state index contributed by atoms with van der Waals surface area (Å²) in [4.78, 5) is 11.3. The van der Waals surface area contributed by atoms with E-state index in [0.717, 1.165) is 15.6 Å². The number of halogens is 2. The van der Waals surface area contributed by atoms with Crippen molar-refractivity contribution in [1.82, 2.24) is 0 Å². The lowest BCUT2D eigenvalue weighted by Crippen LogP contribution is -2.34. The summed E-state index contributed by atoms with van der Waals surface area (Å²) in [5.41, 5.74) is 7.91. The predicted octanol–water partition coefficient (Wildman–Crippen LogP) is 2.61. The highest BCUT2D eigenvalue weighted by Crippen LogP contribution is 2.17. The van der Waals surface area contributed by atoms with Crippen LogP contribution in [0.5, 0.6) is 0 Å². The summed E-state index contributed by atoms with van der Waals surface area (Å²) in [6.07, 6.45) is 0.507. The molecule has 3 nitrogen and oxygen atoms in total. The Bertz CT molecular complexity index is 385. The molecule has 5 heteroatoms. The number of aryl methyl sites for hydroxylation is 1. The van der Waals surface area contributed by atoms with Gasteiger partial charge in [0.25, 0.3) is 0 Å². The lowest BCUT2D eigenvalue weighted by molar-refractivity contribution is -0.144. The Morgan fingerprint density at radius 2 is 2.18 bits per heavy atom. The second-order valence-corrected chi connectivity index (χ2v) is 4.50.